The van der Waals surface area contributed by atoms with Crippen molar-refractivity contribution in [2.45, 2.75) is 18.7 Å². The summed E-state index contributed by atoms with van der Waals surface area (Å²) in [5, 5.41) is 0. The average molecular weight is 362 g/mol. The van der Waals surface area contributed by atoms with Crippen molar-refractivity contribution < 1.29 is 13.2 Å². The Hall–Kier alpha value is -2.19. The number of aromatic nitrogens is 2. The monoisotopic (exact) mass is 362 g/mol. The number of hydrogen-bond acceptors (Lipinski definition) is 6. The van der Waals surface area contributed by atoms with E-state index in [4.69, 9.17) is 4.74 Å². The van der Waals surface area contributed by atoms with E-state index in [0.29, 0.717) is 31.9 Å². The molecule has 1 aliphatic heterocycles. The number of rotatable bonds is 4. The van der Waals surface area contributed by atoms with Crippen molar-refractivity contribution in [3.8, 4) is 5.75 Å². The predicted octanol–water partition coefficient (Wildman–Crippen LogP) is 1.61. The van der Waals surface area contributed by atoms with E-state index >= 15 is 0 Å². The van der Waals surface area contributed by atoms with Crippen molar-refractivity contribution in [1.82, 2.24) is 14.3 Å². The zero-order valence-electron chi connectivity index (χ0n) is 14.6. The number of nitrogens with zero attached hydrogens (tertiary/aromatic N) is 4. The van der Waals surface area contributed by atoms with Gasteiger partial charge in [0.05, 0.1) is 7.11 Å². The van der Waals surface area contributed by atoms with Crippen molar-refractivity contribution in [3.63, 3.8) is 0 Å². The number of methoxy groups -OCH3 is 1. The number of piperazine rings is 1. The highest BCUT2D eigenvalue weighted by Crippen LogP contribution is 2.28. The Morgan fingerprint density at radius 2 is 1.76 bits per heavy atom. The van der Waals surface area contributed by atoms with Crippen molar-refractivity contribution in [1.29, 1.82) is 0 Å². The fourth-order valence-electron chi connectivity index (χ4n) is 2.90. The van der Waals surface area contributed by atoms with Crippen LogP contribution in [0.5, 0.6) is 5.75 Å². The summed E-state index contributed by atoms with van der Waals surface area (Å²) in [6.07, 6.45) is 1.53. The molecule has 0 saturated carbocycles. The van der Waals surface area contributed by atoms with Gasteiger partial charge in [0.25, 0.3) is 0 Å². The minimum absolute atomic E-state index is 0.223. The lowest BCUT2D eigenvalue weighted by atomic mass is 10.2. The third kappa shape index (κ3) is 3.59. The minimum atomic E-state index is -3.59. The molecule has 1 fully saturated rings. The molecule has 0 atom stereocenters. The predicted molar refractivity (Wildman–Crippen MR) is 95.5 cm³/mol. The molecular weight excluding hydrogens is 340 g/mol. The second-order valence-corrected chi connectivity index (χ2v) is 7.97. The lowest BCUT2D eigenvalue weighted by molar-refractivity contribution is 0.373. The van der Waals surface area contributed by atoms with Gasteiger partial charge in [0.2, 0.25) is 10.0 Å². The van der Waals surface area contributed by atoms with Gasteiger partial charge in [-0.15, -0.1) is 0 Å². The van der Waals surface area contributed by atoms with E-state index in [1.807, 2.05) is 26.0 Å². The SMILES string of the molecule is COc1ccc(C)cc1S(=O)(=O)N1CCN(c2cc(C)ncn2)CC1. The molecule has 0 bridgehead atoms. The molecular formula is C17H22N4O3S. The van der Waals surface area contributed by atoms with Gasteiger partial charge in [-0.05, 0) is 31.5 Å². The van der Waals surface area contributed by atoms with Crippen molar-refractivity contribution in [3.05, 3.63) is 41.9 Å². The van der Waals surface area contributed by atoms with E-state index in [1.54, 1.807) is 12.1 Å². The third-order valence-corrected chi connectivity index (χ3v) is 6.21. The van der Waals surface area contributed by atoms with Crippen LogP contribution in [0.1, 0.15) is 11.3 Å². The van der Waals surface area contributed by atoms with Gasteiger partial charge >= 0.3 is 0 Å². The summed E-state index contributed by atoms with van der Waals surface area (Å²) < 4.78 is 32.8. The number of ether oxygens (including phenoxy) is 1. The molecule has 134 valence electrons. The van der Waals surface area contributed by atoms with Crippen LogP contribution in [0.4, 0.5) is 5.82 Å². The molecule has 1 aromatic carbocycles. The fraction of sp³-hybridized carbons (Fsp3) is 0.412. The second-order valence-electron chi connectivity index (χ2n) is 6.06. The van der Waals surface area contributed by atoms with Gasteiger partial charge in [0, 0.05) is 37.9 Å². The van der Waals surface area contributed by atoms with E-state index in [1.165, 1.54) is 17.7 Å². The van der Waals surface area contributed by atoms with E-state index in [9.17, 15) is 8.42 Å². The maximum Gasteiger partial charge on any atom is 0.246 e. The molecule has 25 heavy (non-hydrogen) atoms. The van der Waals surface area contributed by atoms with Crippen LogP contribution < -0.4 is 9.64 Å². The lowest BCUT2D eigenvalue weighted by Gasteiger charge is -2.34. The van der Waals surface area contributed by atoms with Crippen LogP contribution in [0.2, 0.25) is 0 Å². The molecule has 0 spiro atoms. The summed E-state index contributed by atoms with van der Waals surface area (Å²) in [4.78, 5) is 10.7. The summed E-state index contributed by atoms with van der Waals surface area (Å²) in [5.74, 6) is 1.21. The quantitative estimate of drug-likeness (QED) is 0.823. The molecule has 0 aliphatic carbocycles. The standard InChI is InChI=1S/C17H22N4O3S/c1-13-4-5-15(24-3)16(10-13)25(22,23)21-8-6-20(7-9-21)17-11-14(2)18-12-19-17/h4-5,10-12H,6-9H2,1-3H3. The smallest absolute Gasteiger partial charge is 0.246 e. The molecule has 0 N–H and O–H groups in total. The number of benzene rings is 1. The zero-order valence-corrected chi connectivity index (χ0v) is 15.5. The van der Waals surface area contributed by atoms with Crippen LogP contribution in [-0.4, -0.2) is 56.0 Å². The molecule has 0 amide bonds. The van der Waals surface area contributed by atoms with Crippen LogP contribution in [-0.2, 0) is 10.0 Å². The number of sulfonamides is 1. The minimum Gasteiger partial charge on any atom is -0.495 e. The van der Waals surface area contributed by atoms with Gasteiger partial charge in [-0.2, -0.15) is 4.31 Å². The molecule has 7 nitrogen and oxygen atoms in total. The van der Waals surface area contributed by atoms with Crippen molar-refractivity contribution >= 4 is 15.8 Å². The number of anilines is 1. The van der Waals surface area contributed by atoms with Crippen LogP contribution in [0.15, 0.2) is 35.5 Å². The molecule has 0 radical (unpaired) electrons. The zero-order chi connectivity index (χ0) is 18.0. The lowest BCUT2D eigenvalue weighted by Crippen LogP contribution is -2.49. The van der Waals surface area contributed by atoms with Gasteiger partial charge in [-0.1, -0.05) is 6.07 Å². The molecule has 1 saturated heterocycles. The molecule has 1 aromatic heterocycles. The largest absolute Gasteiger partial charge is 0.495 e. The van der Waals surface area contributed by atoms with Gasteiger partial charge in [0.1, 0.15) is 22.8 Å². The van der Waals surface area contributed by atoms with Crippen molar-refractivity contribution in [2.24, 2.45) is 0 Å². The summed E-state index contributed by atoms with van der Waals surface area (Å²) in [6.45, 7) is 5.77. The Morgan fingerprint density at radius 3 is 2.40 bits per heavy atom. The van der Waals surface area contributed by atoms with Crippen LogP contribution >= 0.6 is 0 Å². The molecule has 2 aromatic rings. The fourth-order valence-corrected chi connectivity index (χ4v) is 4.56. The van der Waals surface area contributed by atoms with Gasteiger partial charge in [0.15, 0.2) is 0 Å². The number of hydrogen-bond donors (Lipinski definition) is 0. The first kappa shape index (κ1) is 17.6. The topological polar surface area (TPSA) is 75.6 Å². The normalized spacial score (nSPS) is 16.0. The van der Waals surface area contributed by atoms with Gasteiger partial charge in [-0.3, -0.25) is 0 Å². The highest BCUT2D eigenvalue weighted by Gasteiger charge is 2.31. The van der Waals surface area contributed by atoms with Gasteiger partial charge in [-0.25, -0.2) is 18.4 Å². The summed E-state index contributed by atoms with van der Waals surface area (Å²) in [7, 11) is -2.11. The summed E-state index contributed by atoms with van der Waals surface area (Å²) in [6, 6.07) is 7.11. The van der Waals surface area contributed by atoms with Crippen LogP contribution in [0.25, 0.3) is 0 Å². The Kier molecular flexibility index (Phi) is 4.91. The Morgan fingerprint density at radius 1 is 1.04 bits per heavy atom. The summed E-state index contributed by atoms with van der Waals surface area (Å²) >= 11 is 0. The molecule has 8 heteroatoms. The average Bonchev–Trinajstić information content (AvgIpc) is 2.62. The number of aryl methyl sites for hydroxylation is 2. The third-order valence-electron chi connectivity index (χ3n) is 4.29. The maximum absolute atomic E-state index is 13.0. The molecule has 2 heterocycles. The first-order valence-corrected chi connectivity index (χ1v) is 9.54. The highest BCUT2D eigenvalue weighted by molar-refractivity contribution is 7.89. The second kappa shape index (κ2) is 6.97. The first-order chi connectivity index (χ1) is 11.9. The van der Waals surface area contributed by atoms with Crippen molar-refractivity contribution in [2.75, 3.05) is 38.2 Å². The van der Waals surface area contributed by atoms with E-state index in [0.717, 1.165) is 17.1 Å². The van der Waals surface area contributed by atoms with Crippen LogP contribution in [0, 0.1) is 13.8 Å². The van der Waals surface area contributed by atoms with E-state index in [-0.39, 0.29) is 4.90 Å². The molecule has 0 unspecified atom stereocenters. The highest BCUT2D eigenvalue weighted by atomic mass is 32.2. The first-order valence-electron chi connectivity index (χ1n) is 8.10. The molecule has 3 rings (SSSR count). The van der Waals surface area contributed by atoms with E-state index in [2.05, 4.69) is 14.9 Å². The Labute approximate surface area is 148 Å². The Balaban J connectivity index is 1.79. The maximum atomic E-state index is 13.0. The van der Waals surface area contributed by atoms with Crippen LogP contribution in [0.3, 0.4) is 0 Å². The van der Waals surface area contributed by atoms with Gasteiger partial charge < -0.3 is 9.64 Å². The Bertz CT molecular complexity index is 862. The molecule has 1 aliphatic rings. The van der Waals surface area contributed by atoms with E-state index < -0.39 is 10.0 Å². The summed E-state index contributed by atoms with van der Waals surface area (Å²) in [5.41, 5.74) is 1.78.